The molecule has 1 saturated heterocycles. The smallest absolute Gasteiger partial charge is 0.252 e. The molecule has 1 aliphatic rings. The van der Waals surface area contributed by atoms with Crippen molar-refractivity contribution in [1.82, 2.24) is 34.2 Å². The molecule has 4 aromatic rings. The lowest BCUT2D eigenvalue weighted by atomic mass is 10.0. The van der Waals surface area contributed by atoms with Crippen molar-refractivity contribution in [2.75, 3.05) is 18.8 Å². The van der Waals surface area contributed by atoms with Crippen LogP contribution < -0.4 is 16.9 Å². The zero-order valence-electron chi connectivity index (χ0n) is 19.2. The van der Waals surface area contributed by atoms with Crippen molar-refractivity contribution in [2.45, 2.75) is 18.9 Å². The second-order valence-electron chi connectivity index (χ2n) is 8.44. The molecule has 5 rings (SSSR count). The maximum absolute atomic E-state index is 12.3. The lowest BCUT2D eigenvalue weighted by molar-refractivity contribution is -0.127. The average molecular weight is 486 g/mol. The van der Waals surface area contributed by atoms with Crippen LogP contribution in [0, 0.1) is 0 Å². The molecule has 2 amide bonds. The summed E-state index contributed by atoms with van der Waals surface area (Å²) in [5, 5.41) is 5.27. The molecule has 0 spiro atoms. The van der Waals surface area contributed by atoms with E-state index in [1.165, 1.54) is 24.4 Å². The molecule has 36 heavy (non-hydrogen) atoms. The fourth-order valence-electron chi connectivity index (χ4n) is 4.45. The molecule has 12 heteroatoms. The summed E-state index contributed by atoms with van der Waals surface area (Å²) >= 11 is 0. The number of carbonyl (C=O) groups excluding carboxylic acids is 2. The Morgan fingerprint density at radius 3 is 2.50 bits per heavy atom. The number of hydrogen-bond donors (Lipinski definition) is 2. The number of carbonyl (C=O) groups is 2. The summed E-state index contributed by atoms with van der Waals surface area (Å²) < 4.78 is 3.32. The number of anilines is 1. The van der Waals surface area contributed by atoms with Crippen LogP contribution in [0.1, 0.15) is 29.2 Å². The molecule has 0 aromatic carbocycles. The van der Waals surface area contributed by atoms with Gasteiger partial charge in [0.25, 0.3) is 5.91 Å². The summed E-state index contributed by atoms with van der Waals surface area (Å²) in [7, 11) is 0. The highest BCUT2D eigenvalue weighted by Crippen LogP contribution is 2.36. The van der Waals surface area contributed by atoms with E-state index in [0.29, 0.717) is 41.2 Å². The van der Waals surface area contributed by atoms with Crippen molar-refractivity contribution in [3.63, 3.8) is 0 Å². The van der Waals surface area contributed by atoms with Crippen molar-refractivity contribution < 1.29 is 9.59 Å². The second kappa shape index (κ2) is 9.06. The predicted octanol–water partition coefficient (Wildman–Crippen LogP) is 1.07. The van der Waals surface area contributed by atoms with Gasteiger partial charge in [0, 0.05) is 61.8 Å². The zero-order chi connectivity index (χ0) is 25.4. The highest BCUT2D eigenvalue weighted by Gasteiger charge is 2.29. The first-order valence-corrected chi connectivity index (χ1v) is 11.3. The van der Waals surface area contributed by atoms with E-state index >= 15 is 0 Å². The molecule has 1 aliphatic heterocycles. The van der Waals surface area contributed by atoms with E-state index in [-0.39, 0.29) is 28.8 Å². The van der Waals surface area contributed by atoms with Gasteiger partial charge in [0.15, 0.2) is 5.43 Å². The SMILES string of the molecule is C=CC(=O)N1CCC[C@@H](n2nc(-c3cnc(-n4ccc(=O)cc4)nc3)c3c(N)ncc(C(N)=O)c32)C1. The van der Waals surface area contributed by atoms with Crippen molar-refractivity contribution in [1.29, 1.82) is 0 Å². The van der Waals surface area contributed by atoms with E-state index < -0.39 is 5.91 Å². The first-order chi connectivity index (χ1) is 17.4. The van der Waals surface area contributed by atoms with Crippen molar-refractivity contribution in [3.8, 4) is 17.2 Å². The number of amides is 2. The number of primary amides is 1. The van der Waals surface area contributed by atoms with Crippen molar-refractivity contribution in [3.05, 3.63) is 71.6 Å². The highest BCUT2D eigenvalue weighted by atomic mass is 16.2. The van der Waals surface area contributed by atoms with Crippen LogP contribution in [0.25, 0.3) is 28.1 Å². The molecule has 4 aromatic heterocycles. The summed E-state index contributed by atoms with van der Waals surface area (Å²) in [6.45, 7) is 4.58. The molecule has 0 aliphatic carbocycles. The zero-order valence-corrected chi connectivity index (χ0v) is 19.2. The molecule has 0 radical (unpaired) electrons. The molecule has 4 N–H and O–H groups in total. The van der Waals surface area contributed by atoms with Crippen LogP contribution in [-0.2, 0) is 4.79 Å². The van der Waals surface area contributed by atoms with E-state index in [1.807, 2.05) is 0 Å². The van der Waals surface area contributed by atoms with Crippen LogP contribution in [0.15, 0.2) is 60.6 Å². The van der Waals surface area contributed by atoms with E-state index in [1.54, 1.807) is 38.9 Å². The lowest BCUT2D eigenvalue weighted by Gasteiger charge is -2.32. The Morgan fingerprint density at radius 1 is 1.11 bits per heavy atom. The molecular formula is C24H23N9O3. The first kappa shape index (κ1) is 22.9. The van der Waals surface area contributed by atoms with Gasteiger partial charge in [-0.15, -0.1) is 0 Å². The number of hydrogen-bond acceptors (Lipinski definition) is 8. The number of fused-ring (bicyclic) bond motifs is 1. The molecule has 182 valence electrons. The van der Waals surface area contributed by atoms with Gasteiger partial charge in [0.2, 0.25) is 11.9 Å². The molecule has 0 unspecified atom stereocenters. The maximum atomic E-state index is 12.3. The summed E-state index contributed by atoms with van der Waals surface area (Å²) in [6.07, 6.45) is 10.4. The largest absolute Gasteiger partial charge is 0.383 e. The van der Waals surface area contributed by atoms with Crippen molar-refractivity contribution in [2.24, 2.45) is 5.73 Å². The standard InChI is InChI=1S/C24H23N9O3/c1-2-18(35)32-7-3-4-15(13-32)33-21-17(23(26)36)12-27-22(25)19(21)20(30-33)14-10-28-24(29-11-14)31-8-5-16(34)6-9-31/h2,5-6,8-12,15H,1,3-4,7,13H2,(H2,25,27)(H2,26,36)/t15-/m1/s1. The molecule has 1 fully saturated rings. The Balaban J connectivity index is 1.64. The fourth-order valence-corrected chi connectivity index (χ4v) is 4.45. The minimum absolute atomic E-state index is 0.121. The number of likely N-dealkylation sites (tertiary alicyclic amines) is 1. The predicted molar refractivity (Wildman–Crippen MR) is 132 cm³/mol. The van der Waals surface area contributed by atoms with Gasteiger partial charge in [-0.2, -0.15) is 5.10 Å². The third-order valence-electron chi connectivity index (χ3n) is 6.19. The van der Waals surface area contributed by atoms with Gasteiger partial charge < -0.3 is 16.4 Å². The lowest BCUT2D eigenvalue weighted by Crippen LogP contribution is -2.40. The van der Waals surface area contributed by atoms with Crippen LogP contribution >= 0.6 is 0 Å². The minimum Gasteiger partial charge on any atom is -0.383 e. The number of pyridine rings is 2. The monoisotopic (exact) mass is 485 g/mol. The quantitative estimate of drug-likeness (QED) is 0.396. The van der Waals surface area contributed by atoms with Crippen LogP contribution in [0.4, 0.5) is 5.82 Å². The molecule has 0 bridgehead atoms. The number of nitrogen functional groups attached to an aromatic ring is 1. The Kier molecular flexibility index (Phi) is 5.76. The van der Waals surface area contributed by atoms with Gasteiger partial charge in [-0.1, -0.05) is 6.58 Å². The van der Waals surface area contributed by atoms with E-state index in [0.717, 1.165) is 12.8 Å². The highest BCUT2D eigenvalue weighted by molar-refractivity contribution is 6.11. The number of nitrogens with two attached hydrogens (primary N) is 2. The van der Waals surface area contributed by atoms with Crippen LogP contribution in [0.3, 0.4) is 0 Å². The first-order valence-electron chi connectivity index (χ1n) is 11.3. The number of nitrogens with zero attached hydrogens (tertiary/aromatic N) is 7. The molecule has 1 atom stereocenters. The van der Waals surface area contributed by atoms with Gasteiger partial charge in [0.05, 0.1) is 22.5 Å². The third kappa shape index (κ3) is 3.98. The second-order valence-corrected chi connectivity index (χ2v) is 8.44. The van der Waals surface area contributed by atoms with Gasteiger partial charge >= 0.3 is 0 Å². The van der Waals surface area contributed by atoms with E-state index in [9.17, 15) is 14.4 Å². The Hall–Kier alpha value is -4.87. The molecular weight excluding hydrogens is 462 g/mol. The topological polar surface area (TPSA) is 168 Å². The van der Waals surface area contributed by atoms with Gasteiger partial charge in [-0.3, -0.25) is 23.6 Å². The summed E-state index contributed by atoms with van der Waals surface area (Å²) in [4.78, 5) is 50.7. The van der Waals surface area contributed by atoms with Crippen molar-refractivity contribution >= 4 is 28.5 Å². The van der Waals surface area contributed by atoms with Crippen LogP contribution in [0.2, 0.25) is 0 Å². The Morgan fingerprint density at radius 2 is 1.83 bits per heavy atom. The average Bonchev–Trinajstić information content (AvgIpc) is 3.30. The van der Waals surface area contributed by atoms with Crippen LogP contribution in [0.5, 0.6) is 0 Å². The number of piperidine rings is 1. The number of aromatic nitrogens is 6. The van der Waals surface area contributed by atoms with Gasteiger partial charge in [-0.05, 0) is 18.9 Å². The minimum atomic E-state index is -0.667. The van der Waals surface area contributed by atoms with Gasteiger partial charge in [-0.25, -0.2) is 15.0 Å². The summed E-state index contributed by atoms with van der Waals surface area (Å²) in [6, 6.07) is 2.60. The molecule has 12 nitrogen and oxygen atoms in total. The van der Waals surface area contributed by atoms with Crippen LogP contribution in [-0.4, -0.2) is 59.1 Å². The summed E-state index contributed by atoms with van der Waals surface area (Å²) in [5.74, 6) is -0.299. The molecule has 5 heterocycles. The van der Waals surface area contributed by atoms with E-state index in [2.05, 4.69) is 21.5 Å². The summed E-state index contributed by atoms with van der Waals surface area (Å²) in [5.41, 5.74) is 13.4. The fraction of sp³-hybridized carbons (Fsp3) is 0.208. The van der Waals surface area contributed by atoms with E-state index in [4.69, 9.17) is 16.6 Å². The molecule has 0 saturated carbocycles. The maximum Gasteiger partial charge on any atom is 0.252 e. The number of rotatable bonds is 5. The third-order valence-corrected chi connectivity index (χ3v) is 6.19. The normalized spacial score (nSPS) is 15.7. The Bertz CT molecular complexity index is 1540. The Labute approximate surface area is 204 Å². The van der Waals surface area contributed by atoms with Gasteiger partial charge in [0.1, 0.15) is 11.5 Å².